The standard InChI is InChI=1S/C27H26FN3O3S/c1-16-5-11-20(12-6-16)31-17(2)24(25(30-27(31)35)18-7-9-19(28)10-8-18)26(32)29-22-15-21(33-3)13-14-23(22)34-4/h5-15,25H,1-4H3,(H,29,32)(H,30,35). The number of amides is 1. The number of rotatable bonds is 6. The van der Waals surface area contributed by atoms with E-state index in [4.69, 9.17) is 21.7 Å². The summed E-state index contributed by atoms with van der Waals surface area (Å²) >= 11 is 5.70. The van der Waals surface area contributed by atoms with E-state index in [0.29, 0.717) is 39.1 Å². The summed E-state index contributed by atoms with van der Waals surface area (Å²) in [5.41, 5.74) is 4.21. The molecule has 0 aliphatic carbocycles. The number of halogens is 1. The lowest BCUT2D eigenvalue weighted by Crippen LogP contribution is -2.48. The predicted molar refractivity (Wildman–Crippen MR) is 139 cm³/mol. The minimum atomic E-state index is -0.582. The summed E-state index contributed by atoms with van der Waals surface area (Å²) in [6, 6.07) is 18.5. The Labute approximate surface area is 209 Å². The van der Waals surface area contributed by atoms with Crippen LogP contribution in [0.3, 0.4) is 0 Å². The van der Waals surface area contributed by atoms with Gasteiger partial charge in [-0.15, -0.1) is 0 Å². The highest BCUT2D eigenvalue weighted by molar-refractivity contribution is 7.80. The van der Waals surface area contributed by atoms with Gasteiger partial charge in [0, 0.05) is 17.5 Å². The lowest BCUT2D eigenvalue weighted by atomic mass is 9.94. The first-order chi connectivity index (χ1) is 16.8. The van der Waals surface area contributed by atoms with Gasteiger partial charge in [0.15, 0.2) is 5.11 Å². The number of benzene rings is 3. The third-order valence-corrected chi connectivity index (χ3v) is 6.18. The van der Waals surface area contributed by atoms with Crippen LogP contribution in [0, 0.1) is 12.7 Å². The van der Waals surface area contributed by atoms with Crippen molar-refractivity contribution in [3.05, 3.63) is 94.9 Å². The predicted octanol–water partition coefficient (Wildman–Crippen LogP) is 5.50. The van der Waals surface area contributed by atoms with Crippen LogP contribution < -0.4 is 25.0 Å². The summed E-state index contributed by atoms with van der Waals surface area (Å²) in [5, 5.41) is 6.67. The maximum absolute atomic E-state index is 13.8. The Kier molecular flexibility index (Phi) is 7.02. The molecule has 0 aromatic heterocycles. The normalized spacial score (nSPS) is 15.5. The molecular weight excluding hydrogens is 465 g/mol. The van der Waals surface area contributed by atoms with Gasteiger partial charge in [-0.05, 0) is 68.0 Å². The van der Waals surface area contributed by atoms with Gasteiger partial charge in [-0.25, -0.2) is 4.39 Å². The van der Waals surface area contributed by atoms with E-state index < -0.39 is 6.04 Å². The Morgan fingerprint density at radius 1 is 1.00 bits per heavy atom. The number of thiocarbonyl (C=S) groups is 1. The summed E-state index contributed by atoms with van der Waals surface area (Å²) in [7, 11) is 3.08. The lowest BCUT2D eigenvalue weighted by Gasteiger charge is -2.38. The second-order valence-corrected chi connectivity index (χ2v) is 8.51. The Hall–Kier alpha value is -3.91. The highest BCUT2D eigenvalue weighted by Crippen LogP contribution is 2.36. The molecule has 1 amide bonds. The fourth-order valence-electron chi connectivity index (χ4n) is 4.05. The molecule has 2 N–H and O–H groups in total. The average molecular weight is 492 g/mol. The fraction of sp³-hybridized carbons (Fsp3) is 0.185. The van der Waals surface area contributed by atoms with Crippen LogP contribution in [0.2, 0.25) is 0 Å². The van der Waals surface area contributed by atoms with Crippen LogP contribution in [0.1, 0.15) is 24.1 Å². The Morgan fingerprint density at radius 3 is 2.31 bits per heavy atom. The molecule has 1 aliphatic heterocycles. The number of aryl methyl sites for hydroxylation is 1. The second-order valence-electron chi connectivity index (χ2n) is 8.12. The molecule has 0 saturated carbocycles. The van der Waals surface area contributed by atoms with Crippen molar-refractivity contribution in [2.24, 2.45) is 0 Å². The molecule has 1 aliphatic rings. The van der Waals surface area contributed by atoms with E-state index in [1.165, 1.54) is 19.2 Å². The topological polar surface area (TPSA) is 62.8 Å². The van der Waals surface area contributed by atoms with E-state index in [1.807, 2.05) is 43.0 Å². The van der Waals surface area contributed by atoms with Gasteiger partial charge in [0.05, 0.1) is 31.5 Å². The van der Waals surface area contributed by atoms with E-state index in [1.54, 1.807) is 37.4 Å². The van der Waals surface area contributed by atoms with E-state index in [2.05, 4.69) is 10.6 Å². The highest BCUT2D eigenvalue weighted by Gasteiger charge is 2.35. The molecule has 3 aromatic carbocycles. The van der Waals surface area contributed by atoms with Crippen LogP contribution in [0.5, 0.6) is 11.5 Å². The minimum Gasteiger partial charge on any atom is -0.497 e. The van der Waals surface area contributed by atoms with Crippen molar-refractivity contribution < 1.29 is 18.7 Å². The van der Waals surface area contributed by atoms with Gasteiger partial charge in [0.1, 0.15) is 17.3 Å². The monoisotopic (exact) mass is 491 g/mol. The molecule has 8 heteroatoms. The molecule has 3 aromatic rings. The number of anilines is 2. The number of nitrogens with one attached hydrogen (secondary N) is 2. The fourth-order valence-corrected chi connectivity index (χ4v) is 4.41. The van der Waals surface area contributed by atoms with Gasteiger partial charge >= 0.3 is 0 Å². The molecule has 1 heterocycles. The van der Waals surface area contributed by atoms with Crippen LogP contribution in [0.25, 0.3) is 0 Å². The van der Waals surface area contributed by atoms with Crippen molar-refractivity contribution >= 4 is 34.6 Å². The first kappa shape index (κ1) is 24.2. The number of allylic oxidation sites excluding steroid dienone is 1. The van der Waals surface area contributed by atoms with Crippen LogP contribution in [-0.4, -0.2) is 25.2 Å². The zero-order valence-electron chi connectivity index (χ0n) is 19.9. The van der Waals surface area contributed by atoms with Crippen molar-refractivity contribution in [1.82, 2.24) is 5.32 Å². The minimum absolute atomic E-state index is 0.351. The summed E-state index contributed by atoms with van der Waals surface area (Å²) in [6.45, 7) is 3.85. The SMILES string of the molecule is COc1ccc(OC)c(NC(=O)C2=C(C)N(c3ccc(C)cc3)C(=S)NC2c2ccc(F)cc2)c1. The maximum atomic E-state index is 13.8. The van der Waals surface area contributed by atoms with Gasteiger partial charge in [-0.3, -0.25) is 9.69 Å². The van der Waals surface area contributed by atoms with Crippen LogP contribution in [-0.2, 0) is 4.79 Å². The molecular formula is C27H26FN3O3S. The molecule has 1 atom stereocenters. The Bertz CT molecular complexity index is 1290. The first-order valence-corrected chi connectivity index (χ1v) is 11.4. The van der Waals surface area contributed by atoms with Gasteiger partial charge in [-0.2, -0.15) is 0 Å². The Balaban J connectivity index is 1.81. The van der Waals surface area contributed by atoms with Gasteiger partial charge in [0.25, 0.3) is 5.91 Å². The number of methoxy groups -OCH3 is 2. The molecule has 4 rings (SSSR count). The van der Waals surface area contributed by atoms with Crippen LogP contribution >= 0.6 is 12.2 Å². The molecule has 0 fully saturated rings. The number of carbonyl (C=O) groups excluding carboxylic acids is 1. The molecule has 0 spiro atoms. The van der Waals surface area contributed by atoms with Crippen LogP contribution in [0.15, 0.2) is 78.0 Å². The highest BCUT2D eigenvalue weighted by atomic mass is 32.1. The summed E-state index contributed by atoms with van der Waals surface area (Å²) in [6.07, 6.45) is 0. The van der Waals surface area contributed by atoms with Crippen LogP contribution in [0.4, 0.5) is 15.8 Å². The van der Waals surface area contributed by atoms with Crippen molar-refractivity contribution in [3.63, 3.8) is 0 Å². The van der Waals surface area contributed by atoms with Gasteiger partial charge < -0.3 is 20.1 Å². The molecule has 1 unspecified atom stereocenters. The summed E-state index contributed by atoms with van der Waals surface area (Å²) in [4.78, 5) is 15.6. The van der Waals surface area contributed by atoms with E-state index >= 15 is 0 Å². The number of hydrogen-bond donors (Lipinski definition) is 2. The first-order valence-electron chi connectivity index (χ1n) is 11.0. The molecule has 0 radical (unpaired) electrons. The zero-order chi connectivity index (χ0) is 25.1. The van der Waals surface area contributed by atoms with E-state index in [9.17, 15) is 9.18 Å². The number of carbonyl (C=O) groups is 1. The third kappa shape index (κ3) is 4.97. The third-order valence-electron chi connectivity index (χ3n) is 5.88. The molecule has 6 nitrogen and oxygen atoms in total. The number of hydrogen-bond acceptors (Lipinski definition) is 4. The molecule has 0 bridgehead atoms. The van der Waals surface area contributed by atoms with Crippen molar-refractivity contribution in [3.8, 4) is 11.5 Å². The van der Waals surface area contributed by atoms with Crippen molar-refractivity contribution in [2.75, 3.05) is 24.4 Å². The molecule has 35 heavy (non-hydrogen) atoms. The summed E-state index contributed by atoms with van der Waals surface area (Å²) in [5.74, 6) is 0.355. The quantitative estimate of drug-likeness (QED) is 0.444. The van der Waals surface area contributed by atoms with Gasteiger partial charge in [-0.1, -0.05) is 29.8 Å². The van der Waals surface area contributed by atoms with E-state index in [0.717, 1.165) is 11.3 Å². The molecule has 0 saturated heterocycles. The van der Waals surface area contributed by atoms with Crippen molar-refractivity contribution in [1.29, 1.82) is 0 Å². The second kappa shape index (κ2) is 10.1. The average Bonchev–Trinajstić information content (AvgIpc) is 2.85. The maximum Gasteiger partial charge on any atom is 0.255 e. The van der Waals surface area contributed by atoms with E-state index in [-0.39, 0.29) is 11.7 Å². The van der Waals surface area contributed by atoms with Gasteiger partial charge in [0.2, 0.25) is 0 Å². The number of ether oxygens (including phenoxy) is 2. The van der Waals surface area contributed by atoms with Crippen molar-refractivity contribution in [2.45, 2.75) is 19.9 Å². The zero-order valence-corrected chi connectivity index (χ0v) is 20.7. The molecule has 180 valence electrons. The Morgan fingerprint density at radius 2 is 1.69 bits per heavy atom. The lowest BCUT2D eigenvalue weighted by molar-refractivity contribution is -0.113. The number of nitrogens with zero attached hydrogens (tertiary/aromatic N) is 1. The summed E-state index contributed by atoms with van der Waals surface area (Å²) < 4.78 is 24.4. The smallest absolute Gasteiger partial charge is 0.255 e. The largest absolute Gasteiger partial charge is 0.497 e.